The van der Waals surface area contributed by atoms with Gasteiger partial charge in [0.15, 0.2) is 0 Å². The van der Waals surface area contributed by atoms with Crippen LogP contribution in [0.1, 0.15) is 34.3 Å². The fraction of sp³-hybridized carbons (Fsp3) is 0.200. The van der Waals surface area contributed by atoms with Gasteiger partial charge in [0, 0.05) is 11.3 Å². The van der Waals surface area contributed by atoms with Crippen LogP contribution < -0.4 is 9.64 Å². The molecule has 0 spiro atoms. The summed E-state index contributed by atoms with van der Waals surface area (Å²) < 4.78 is 11.2. The van der Waals surface area contributed by atoms with Crippen molar-refractivity contribution in [2.24, 2.45) is 0 Å². The minimum atomic E-state index is -0.877. The Kier molecular flexibility index (Phi) is 5.15. The molecule has 1 amide bonds. The maximum Gasteiger partial charge on any atom is 0.300 e. The molecule has 6 heteroatoms. The van der Waals surface area contributed by atoms with E-state index in [4.69, 9.17) is 9.15 Å². The number of aliphatic hydroxyl groups excluding tert-OH is 1. The first-order chi connectivity index (χ1) is 14.8. The van der Waals surface area contributed by atoms with Crippen LogP contribution in [0.3, 0.4) is 0 Å². The third kappa shape index (κ3) is 3.40. The standard InChI is InChI=1S/C25H23NO5/c1-14-13-20(30-4)15(2)12-18(14)23(27)21-22(19-11-10-16(3)31-19)26(25(29)24(21)28)17-8-6-5-7-9-17/h5-13,22,27H,1-4H3/b23-21+. The molecule has 1 aliphatic rings. The Morgan fingerprint density at radius 1 is 1.00 bits per heavy atom. The number of amides is 1. The first-order valence-electron chi connectivity index (χ1n) is 9.91. The highest BCUT2D eigenvalue weighted by molar-refractivity contribution is 6.51. The Bertz CT molecular complexity index is 1210. The Labute approximate surface area is 180 Å². The second kappa shape index (κ2) is 7.80. The molecule has 31 heavy (non-hydrogen) atoms. The molecular weight excluding hydrogens is 394 g/mol. The highest BCUT2D eigenvalue weighted by Gasteiger charge is 2.48. The molecule has 0 aliphatic carbocycles. The van der Waals surface area contributed by atoms with Crippen molar-refractivity contribution in [1.29, 1.82) is 0 Å². The lowest BCUT2D eigenvalue weighted by atomic mass is 9.95. The second-order valence-electron chi connectivity index (χ2n) is 7.59. The van der Waals surface area contributed by atoms with E-state index in [-0.39, 0.29) is 11.3 Å². The van der Waals surface area contributed by atoms with Crippen LogP contribution in [0.25, 0.3) is 5.76 Å². The number of rotatable bonds is 4. The molecule has 0 bridgehead atoms. The van der Waals surface area contributed by atoms with Gasteiger partial charge in [-0.3, -0.25) is 14.5 Å². The number of ketones is 1. The van der Waals surface area contributed by atoms with E-state index in [1.165, 1.54) is 4.90 Å². The molecule has 2 heterocycles. The van der Waals surface area contributed by atoms with Crippen LogP contribution in [-0.2, 0) is 9.59 Å². The van der Waals surface area contributed by atoms with Gasteiger partial charge in [-0.05, 0) is 68.3 Å². The number of hydrogen-bond donors (Lipinski definition) is 1. The van der Waals surface area contributed by atoms with Gasteiger partial charge in [-0.2, -0.15) is 0 Å². The number of Topliss-reactive ketones (excluding diaryl/α,β-unsaturated/α-hetero) is 1. The largest absolute Gasteiger partial charge is 0.507 e. The van der Waals surface area contributed by atoms with Gasteiger partial charge >= 0.3 is 0 Å². The molecule has 1 N–H and O–H groups in total. The van der Waals surface area contributed by atoms with Gasteiger partial charge in [0.1, 0.15) is 29.1 Å². The SMILES string of the molecule is COc1cc(C)c(/C(O)=C2\C(=O)C(=O)N(c3ccccc3)C2c2ccc(C)o2)cc1C. The van der Waals surface area contributed by atoms with Crippen LogP contribution in [0, 0.1) is 20.8 Å². The zero-order chi connectivity index (χ0) is 22.3. The molecular formula is C25H23NO5. The van der Waals surface area contributed by atoms with E-state index in [2.05, 4.69) is 0 Å². The number of aryl methyl sites for hydroxylation is 3. The molecule has 158 valence electrons. The van der Waals surface area contributed by atoms with E-state index in [1.807, 2.05) is 19.9 Å². The number of anilines is 1. The van der Waals surface area contributed by atoms with Crippen LogP contribution >= 0.6 is 0 Å². The minimum absolute atomic E-state index is 0.00382. The topological polar surface area (TPSA) is 80.0 Å². The van der Waals surface area contributed by atoms with Gasteiger partial charge in [0.25, 0.3) is 11.7 Å². The summed E-state index contributed by atoms with van der Waals surface area (Å²) in [5.74, 6) is 0.0224. The monoisotopic (exact) mass is 417 g/mol. The first kappa shape index (κ1) is 20.5. The number of methoxy groups -OCH3 is 1. The van der Waals surface area contributed by atoms with E-state index < -0.39 is 17.7 Å². The highest BCUT2D eigenvalue weighted by Crippen LogP contribution is 2.43. The highest BCUT2D eigenvalue weighted by atomic mass is 16.5. The fourth-order valence-electron chi connectivity index (χ4n) is 3.97. The summed E-state index contributed by atoms with van der Waals surface area (Å²) in [6, 6.07) is 15.1. The van der Waals surface area contributed by atoms with Crippen molar-refractivity contribution in [3.63, 3.8) is 0 Å². The van der Waals surface area contributed by atoms with Gasteiger partial charge in [-0.15, -0.1) is 0 Å². The second-order valence-corrected chi connectivity index (χ2v) is 7.59. The van der Waals surface area contributed by atoms with Crippen molar-refractivity contribution >= 4 is 23.1 Å². The third-order valence-electron chi connectivity index (χ3n) is 5.51. The number of ether oxygens (including phenoxy) is 1. The van der Waals surface area contributed by atoms with Crippen molar-refractivity contribution in [2.45, 2.75) is 26.8 Å². The molecule has 1 atom stereocenters. The van der Waals surface area contributed by atoms with Crippen molar-refractivity contribution < 1.29 is 23.8 Å². The maximum absolute atomic E-state index is 13.1. The Morgan fingerprint density at radius 3 is 2.32 bits per heavy atom. The fourth-order valence-corrected chi connectivity index (χ4v) is 3.97. The maximum atomic E-state index is 13.1. The minimum Gasteiger partial charge on any atom is -0.507 e. The van der Waals surface area contributed by atoms with Gasteiger partial charge in [-0.25, -0.2) is 0 Å². The summed E-state index contributed by atoms with van der Waals surface area (Å²) in [5, 5.41) is 11.3. The molecule has 3 aromatic rings. The average molecular weight is 417 g/mol. The number of benzene rings is 2. The van der Waals surface area contributed by atoms with E-state index in [0.29, 0.717) is 28.5 Å². The molecule has 0 saturated carbocycles. The predicted molar refractivity (Wildman–Crippen MR) is 117 cm³/mol. The van der Waals surface area contributed by atoms with E-state index in [0.717, 1.165) is 11.1 Å². The van der Waals surface area contributed by atoms with Crippen LogP contribution in [0.4, 0.5) is 5.69 Å². The summed E-state index contributed by atoms with van der Waals surface area (Å²) in [4.78, 5) is 27.6. The zero-order valence-corrected chi connectivity index (χ0v) is 17.8. The van der Waals surface area contributed by atoms with Crippen LogP contribution in [0.15, 0.2) is 64.6 Å². The molecule has 6 nitrogen and oxygen atoms in total. The van der Waals surface area contributed by atoms with Crippen molar-refractivity contribution in [3.8, 4) is 5.75 Å². The van der Waals surface area contributed by atoms with Crippen LogP contribution in [-0.4, -0.2) is 23.9 Å². The van der Waals surface area contributed by atoms with Crippen molar-refractivity contribution in [3.05, 3.63) is 88.4 Å². The zero-order valence-electron chi connectivity index (χ0n) is 17.8. The lowest BCUT2D eigenvalue weighted by molar-refractivity contribution is -0.132. The summed E-state index contributed by atoms with van der Waals surface area (Å²) in [7, 11) is 1.58. The van der Waals surface area contributed by atoms with Crippen LogP contribution in [0.5, 0.6) is 5.75 Å². The summed E-state index contributed by atoms with van der Waals surface area (Å²) in [6.07, 6.45) is 0. The van der Waals surface area contributed by atoms with E-state index in [1.54, 1.807) is 62.6 Å². The molecule has 1 unspecified atom stereocenters. The number of furan rings is 1. The molecule has 1 saturated heterocycles. The molecule has 0 radical (unpaired) electrons. The Hall–Kier alpha value is -3.80. The predicted octanol–water partition coefficient (Wildman–Crippen LogP) is 4.84. The number of carbonyl (C=O) groups is 2. The normalized spacial score (nSPS) is 17.9. The molecule has 1 aromatic heterocycles. The molecule has 1 aliphatic heterocycles. The van der Waals surface area contributed by atoms with E-state index >= 15 is 0 Å². The quantitative estimate of drug-likeness (QED) is 0.373. The van der Waals surface area contributed by atoms with E-state index in [9.17, 15) is 14.7 Å². The lowest BCUT2D eigenvalue weighted by Gasteiger charge is -2.23. The summed E-state index contributed by atoms with van der Waals surface area (Å²) in [6.45, 7) is 5.45. The number of hydrogen-bond acceptors (Lipinski definition) is 5. The number of para-hydroxylation sites is 1. The summed E-state index contributed by atoms with van der Waals surface area (Å²) >= 11 is 0. The smallest absolute Gasteiger partial charge is 0.300 e. The lowest BCUT2D eigenvalue weighted by Crippen LogP contribution is -2.29. The van der Waals surface area contributed by atoms with Crippen molar-refractivity contribution in [2.75, 3.05) is 12.0 Å². The van der Waals surface area contributed by atoms with Gasteiger partial charge in [-0.1, -0.05) is 18.2 Å². The van der Waals surface area contributed by atoms with Gasteiger partial charge < -0.3 is 14.3 Å². The van der Waals surface area contributed by atoms with Crippen LogP contribution in [0.2, 0.25) is 0 Å². The molecule has 1 fully saturated rings. The Balaban J connectivity index is 1.96. The number of nitrogens with zero attached hydrogens (tertiary/aromatic N) is 1. The number of aliphatic hydroxyl groups is 1. The molecule has 2 aromatic carbocycles. The first-order valence-corrected chi connectivity index (χ1v) is 9.91. The van der Waals surface area contributed by atoms with Gasteiger partial charge in [0.05, 0.1) is 12.7 Å². The Morgan fingerprint density at radius 2 is 1.71 bits per heavy atom. The molecule has 4 rings (SSSR count). The van der Waals surface area contributed by atoms with Crippen molar-refractivity contribution in [1.82, 2.24) is 0 Å². The third-order valence-corrected chi connectivity index (χ3v) is 5.51. The summed E-state index contributed by atoms with van der Waals surface area (Å²) in [5.41, 5.74) is 2.54. The van der Waals surface area contributed by atoms with Gasteiger partial charge in [0.2, 0.25) is 0 Å². The number of carbonyl (C=O) groups excluding carboxylic acids is 2. The average Bonchev–Trinajstić information content (AvgIpc) is 3.30.